The maximum Gasteiger partial charge on any atom is 0.320 e. The standard InChI is InChI=1S/C15H20N2O2/c1-11(2)12-4-6-13(7-5-12)14(18)10-17-9-8-16(3)15(17)19/h4-7,11H,8-10H2,1-3H3. The molecule has 2 rings (SSSR count). The Morgan fingerprint density at radius 2 is 1.84 bits per heavy atom. The highest BCUT2D eigenvalue weighted by Gasteiger charge is 2.27. The first-order valence-corrected chi connectivity index (χ1v) is 6.62. The van der Waals surface area contributed by atoms with Crippen LogP contribution in [0.15, 0.2) is 24.3 Å². The van der Waals surface area contributed by atoms with Crippen LogP contribution in [-0.2, 0) is 0 Å². The Morgan fingerprint density at radius 1 is 1.21 bits per heavy atom. The first kappa shape index (κ1) is 13.6. The molecule has 1 aliphatic heterocycles. The Kier molecular flexibility index (Phi) is 3.88. The predicted molar refractivity (Wildman–Crippen MR) is 74.5 cm³/mol. The van der Waals surface area contributed by atoms with Gasteiger partial charge in [-0.3, -0.25) is 4.79 Å². The second kappa shape index (κ2) is 5.43. The number of ketones is 1. The van der Waals surface area contributed by atoms with E-state index in [4.69, 9.17) is 0 Å². The van der Waals surface area contributed by atoms with E-state index in [0.717, 1.165) is 0 Å². The summed E-state index contributed by atoms with van der Waals surface area (Å²) in [6.45, 7) is 5.73. The van der Waals surface area contributed by atoms with Crippen LogP contribution in [0, 0.1) is 0 Å². The van der Waals surface area contributed by atoms with Gasteiger partial charge in [-0.15, -0.1) is 0 Å². The minimum Gasteiger partial charge on any atom is -0.326 e. The van der Waals surface area contributed by atoms with E-state index in [2.05, 4.69) is 13.8 Å². The lowest BCUT2D eigenvalue weighted by Gasteiger charge is -2.15. The summed E-state index contributed by atoms with van der Waals surface area (Å²) in [5.41, 5.74) is 1.89. The van der Waals surface area contributed by atoms with Crippen molar-refractivity contribution in [3.63, 3.8) is 0 Å². The van der Waals surface area contributed by atoms with Gasteiger partial charge in [-0.2, -0.15) is 0 Å². The molecular formula is C15H20N2O2. The molecule has 0 aliphatic carbocycles. The molecule has 4 nitrogen and oxygen atoms in total. The van der Waals surface area contributed by atoms with E-state index in [0.29, 0.717) is 24.6 Å². The van der Waals surface area contributed by atoms with Crippen LogP contribution in [0.25, 0.3) is 0 Å². The summed E-state index contributed by atoms with van der Waals surface area (Å²) < 4.78 is 0. The van der Waals surface area contributed by atoms with Crippen molar-refractivity contribution in [1.29, 1.82) is 0 Å². The van der Waals surface area contributed by atoms with Gasteiger partial charge in [0.05, 0.1) is 6.54 Å². The zero-order valence-electron chi connectivity index (χ0n) is 11.7. The molecule has 0 spiro atoms. The molecule has 1 aliphatic rings. The molecule has 0 bridgehead atoms. The molecule has 2 amide bonds. The molecule has 1 heterocycles. The summed E-state index contributed by atoms with van der Waals surface area (Å²) in [7, 11) is 1.75. The van der Waals surface area contributed by atoms with Crippen LogP contribution in [-0.4, -0.2) is 48.3 Å². The number of amides is 2. The monoisotopic (exact) mass is 260 g/mol. The molecule has 1 aromatic rings. The van der Waals surface area contributed by atoms with Gasteiger partial charge in [0.15, 0.2) is 5.78 Å². The van der Waals surface area contributed by atoms with Gasteiger partial charge in [-0.25, -0.2) is 4.79 Å². The fourth-order valence-electron chi connectivity index (χ4n) is 2.17. The summed E-state index contributed by atoms with van der Waals surface area (Å²) in [5.74, 6) is 0.455. The van der Waals surface area contributed by atoms with Crippen molar-refractivity contribution in [2.24, 2.45) is 0 Å². The van der Waals surface area contributed by atoms with E-state index in [-0.39, 0.29) is 18.4 Å². The number of Topliss-reactive ketones (excluding diaryl/α,β-unsaturated/α-hetero) is 1. The van der Waals surface area contributed by atoms with Crippen molar-refractivity contribution >= 4 is 11.8 Å². The van der Waals surface area contributed by atoms with Crippen LogP contribution in [0.2, 0.25) is 0 Å². The predicted octanol–water partition coefficient (Wildman–Crippen LogP) is 2.36. The highest BCUT2D eigenvalue weighted by atomic mass is 16.2. The van der Waals surface area contributed by atoms with Gasteiger partial charge >= 0.3 is 6.03 Å². The number of carbonyl (C=O) groups excluding carboxylic acids is 2. The molecular weight excluding hydrogens is 240 g/mol. The van der Waals surface area contributed by atoms with E-state index in [1.807, 2.05) is 24.3 Å². The fraction of sp³-hybridized carbons (Fsp3) is 0.467. The molecule has 1 saturated heterocycles. The first-order chi connectivity index (χ1) is 8.99. The van der Waals surface area contributed by atoms with Crippen LogP contribution in [0.3, 0.4) is 0 Å². The number of urea groups is 1. The number of benzene rings is 1. The van der Waals surface area contributed by atoms with Crippen LogP contribution < -0.4 is 0 Å². The molecule has 1 fully saturated rings. The molecule has 0 aromatic heterocycles. The second-order valence-electron chi connectivity index (χ2n) is 5.33. The van der Waals surface area contributed by atoms with Gasteiger partial charge in [0.25, 0.3) is 0 Å². The third-order valence-electron chi connectivity index (χ3n) is 3.54. The normalized spacial score (nSPS) is 15.5. The minimum atomic E-state index is -0.0628. The number of hydrogen-bond acceptors (Lipinski definition) is 2. The third-order valence-corrected chi connectivity index (χ3v) is 3.54. The number of nitrogens with zero attached hydrogens (tertiary/aromatic N) is 2. The third kappa shape index (κ3) is 2.95. The SMILES string of the molecule is CC(C)c1ccc(C(=O)CN2CCN(C)C2=O)cc1. The van der Waals surface area contributed by atoms with E-state index < -0.39 is 0 Å². The van der Waals surface area contributed by atoms with E-state index >= 15 is 0 Å². The summed E-state index contributed by atoms with van der Waals surface area (Å²) in [5, 5.41) is 0. The van der Waals surface area contributed by atoms with Crippen LogP contribution in [0.5, 0.6) is 0 Å². The fourth-order valence-corrected chi connectivity index (χ4v) is 2.17. The van der Waals surface area contributed by atoms with Crippen molar-refractivity contribution in [1.82, 2.24) is 9.80 Å². The highest BCUT2D eigenvalue weighted by molar-refractivity contribution is 5.99. The average Bonchev–Trinajstić information content (AvgIpc) is 2.71. The van der Waals surface area contributed by atoms with Crippen LogP contribution >= 0.6 is 0 Å². The summed E-state index contributed by atoms with van der Waals surface area (Å²) >= 11 is 0. The highest BCUT2D eigenvalue weighted by Crippen LogP contribution is 2.15. The maximum atomic E-state index is 12.1. The molecule has 19 heavy (non-hydrogen) atoms. The Hall–Kier alpha value is -1.84. The minimum absolute atomic E-state index is 0.000967. The quantitative estimate of drug-likeness (QED) is 0.780. The molecule has 0 unspecified atom stereocenters. The number of hydrogen-bond donors (Lipinski definition) is 0. The van der Waals surface area contributed by atoms with E-state index in [9.17, 15) is 9.59 Å². The van der Waals surface area contributed by atoms with E-state index in [1.165, 1.54) is 5.56 Å². The Morgan fingerprint density at radius 3 is 2.32 bits per heavy atom. The van der Waals surface area contributed by atoms with Crippen molar-refractivity contribution in [3.8, 4) is 0 Å². The lowest BCUT2D eigenvalue weighted by molar-refractivity contribution is 0.0952. The zero-order chi connectivity index (χ0) is 14.0. The van der Waals surface area contributed by atoms with Gasteiger partial charge in [0.2, 0.25) is 0 Å². The maximum absolute atomic E-state index is 12.1. The van der Waals surface area contributed by atoms with Crippen molar-refractivity contribution < 1.29 is 9.59 Å². The molecule has 0 saturated carbocycles. The van der Waals surface area contributed by atoms with Crippen LogP contribution in [0.4, 0.5) is 4.79 Å². The van der Waals surface area contributed by atoms with Crippen molar-refractivity contribution in [2.45, 2.75) is 19.8 Å². The summed E-state index contributed by atoms with van der Waals surface area (Å²) in [6.07, 6.45) is 0. The van der Waals surface area contributed by atoms with E-state index in [1.54, 1.807) is 16.8 Å². The van der Waals surface area contributed by atoms with Crippen molar-refractivity contribution in [2.75, 3.05) is 26.7 Å². The smallest absolute Gasteiger partial charge is 0.320 e. The summed E-state index contributed by atoms with van der Waals surface area (Å²) in [4.78, 5) is 27.1. The molecule has 1 aromatic carbocycles. The molecule has 0 atom stereocenters. The van der Waals surface area contributed by atoms with Crippen molar-refractivity contribution in [3.05, 3.63) is 35.4 Å². The first-order valence-electron chi connectivity index (χ1n) is 6.62. The van der Waals surface area contributed by atoms with Gasteiger partial charge in [-0.05, 0) is 11.5 Å². The largest absolute Gasteiger partial charge is 0.326 e. The zero-order valence-corrected chi connectivity index (χ0v) is 11.7. The molecule has 4 heteroatoms. The lowest BCUT2D eigenvalue weighted by Crippen LogP contribution is -2.33. The Labute approximate surface area is 114 Å². The average molecular weight is 260 g/mol. The lowest BCUT2D eigenvalue weighted by atomic mass is 10.0. The van der Waals surface area contributed by atoms with Gasteiger partial charge in [0, 0.05) is 25.7 Å². The topological polar surface area (TPSA) is 40.6 Å². The second-order valence-corrected chi connectivity index (χ2v) is 5.33. The number of rotatable bonds is 4. The van der Waals surface area contributed by atoms with Gasteiger partial charge in [-0.1, -0.05) is 38.1 Å². The van der Waals surface area contributed by atoms with Gasteiger partial charge < -0.3 is 9.80 Å². The number of carbonyl (C=O) groups is 2. The summed E-state index contributed by atoms with van der Waals surface area (Å²) in [6, 6.07) is 7.60. The van der Waals surface area contributed by atoms with Gasteiger partial charge in [0.1, 0.15) is 0 Å². The number of likely N-dealkylation sites (N-methyl/N-ethyl adjacent to an activating group) is 1. The van der Waals surface area contributed by atoms with Crippen LogP contribution in [0.1, 0.15) is 35.7 Å². The molecule has 0 radical (unpaired) electrons. The molecule has 0 N–H and O–H groups in total. The molecule has 102 valence electrons. The Bertz CT molecular complexity index is 479. The Balaban J connectivity index is 2.02.